The lowest BCUT2D eigenvalue weighted by Crippen LogP contribution is -2.13. The van der Waals surface area contributed by atoms with Crippen LogP contribution in [0.5, 0.6) is 5.75 Å². The van der Waals surface area contributed by atoms with Crippen LogP contribution in [0.4, 0.5) is 5.69 Å². The lowest BCUT2D eigenvalue weighted by molar-refractivity contribution is 0.102. The number of carbonyl (C=O) groups is 1. The Hall–Kier alpha value is -2.54. The first-order chi connectivity index (χ1) is 12.8. The minimum Gasteiger partial charge on any atom is -0.507 e. The number of anilines is 1. The highest BCUT2D eigenvalue weighted by atomic mass is 35.5. The smallest absolute Gasteiger partial charge is 0.259 e. The average molecular weight is 422 g/mol. The molecule has 2 N–H and O–H groups in total. The summed E-state index contributed by atoms with van der Waals surface area (Å²) >= 11 is 11.9. The largest absolute Gasteiger partial charge is 0.507 e. The number of nitrogens with one attached hydrogen (secondary N) is 1. The normalized spacial score (nSPS) is 11.2. The number of aromatic hydroxyl groups is 1. The second-order valence-corrected chi connectivity index (χ2v) is 8.34. The summed E-state index contributed by atoms with van der Waals surface area (Å²) in [7, 11) is -3.86. The Morgan fingerprint density at radius 1 is 0.926 bits per heavy atom. The third kappa shape index (κ3) is 4.08. The van der Waals surface area contributed by atoms with Crippen molar-refractivity contribution in [2.75, 3.05) is 5.32 Å². The van der Waals surface area contributed by atoms with Crippen molar-refractivity contribution in [2.45, 2.75) is 9.79 Å². The van der Waals surface area contributed by atoms with Gasteiger partial charge in [0.2, 0.25) is 9.84 Å². The van der Waals surface area contributed by atoms with Crippen LogP contribution < -0.4 is 5.32 Å². The number of rotatable bonds is 4. The molecule has 8 heteroatoms. The summed E-state index contributed by atoms with van der Waals surface area (Å²) in [6.07, 6.45) is 0. The Balaban J connectivity index is 1.97. The summed E-state index contributed by atoms with van der Waals surface area (Å²) in [4.78, 5) is 12.3. The summed E-state index contributed by atoms with van der Waals surface area (Å²) < 4.78 is 25.6. The maximum Gasteiger partial charge on any atom is 0.259 e. The number of halogens is 2. The molecular formula is C19H13Cl2NO4S. The lowest BCUT2D eigenvalue weighted by atomic mass is 10.2. The summed E-state index contributed by atoms with van der Waals surface area (Å²) in [5.41, 5.74) is 0.170. The molecule has 0 saturated heterocycles. The van der Waals surface area contributed by atoms with E-state index in [1.54, 1.807) is 18.2 Å². The van der Waals surface area contributed by atoms with Crippen LogP contribution in [0.3, 0.4) is 0 Å². The Morgan fingerprint density at radius 2 is 1.63 bits per heavy atom. The molecule has 27 heavy (non-hydrogen) atoms. The molecule has 0 aliphatic carbocycles. The van der Waals surface area contributed by atoms with Crippen molar-refractivity contribution >= 4 is 44.6 Å². The van der Waals surface area contributed by atoms with Crippen LogP contribution in [0.1, 0.15) is 10.4 Å². The zero-order valence-electron chi connectivity index (χ0n) is 13.7. The number of benzene rings is 3. The molecule has 0 heterocycles. The van der Waals surface area contributed by atoms with Gasteiger partial charge in [-0.1, -0.05) is 41.4 Å². The minimum absolute atomic E-state index is 0.0301. The third-order valence-corrected chi connectivity index (χ3v) is 6.22. The van der Waals surface area contributed by atoms with E-state index in [0.29, 0.717) is 0 Å². The molecule has 0 bridgehead atoms. The van der Waals surface area contributed by atoms with Gasteiger partial charge in [0.1, 0.15) is 5.75 Å². The molecule has 3 rings (SSSR count). The summed E-state index contributed by atoms with van der Waals surface area (Å²) in [5, 5.41) is 12.7. The van der Waals surface area contributed by atoms with Crippen LogP contribution in [0, 0.1) is 0 Å². The van der Waals surface area contributed by atoms with E-state index in [1.165, 1.54) is 48.5 Å². The lowest BCUT2D eigenvalue weighted by Gasteiger charge is -2.11. The van der Waals surface area contributed by atoms with Gasteiger partial charge in [0.15, 0.2) is 0 Å². The van der Waals surface area contributed by atoms with E-state index in [9.17, 15) is 18.3 Å². The quantitative estimate of drug-likeness (QED) is 0.634. The van der Waals surface area contributed by atoms with Gasteiger partial charge in [-0.25, -0.2) is 8.42 Å². The second kappa shape index (κ2) is 7.60. The predicted octanol–water partition coefficient (Wildman–Crippen LogP) is 4.78. The first-order valence-corrected chi connectivity index (χ1v) is 9.92. The van der Waals surface area contributed by atoms with Gasteiger partial charge in [-0.15, -0.1) is 0 Å². The number of phenols is 1. The minimum atomic E-state index is -3.86. The first-order valence-electron chi connectivity index (χ1n) is 7.68. The molecule has 0 unspecified atom stereocenters. The van der Waals surface area contributed by atoms with E-state index in [-0.39, 0.29) is 36.8 Å². The van der Waals surface area contributed by atoms with Gasteiger partial charge in [-0.3, -0.25) is 4.79 Å². The van der Waals surface area contributed by atoms with Crippen LogP contribution >= 0.6 is 23.2 Å². The van der Waals surface area contributed by atoms with Crippen LogP contribution in [0.2, 0.25) is 10.0 Å². The highest BCUT2D eigenvalue weighted by molar-refractivity contribution is 7.91. The average Bonchev–Trinajstić information content (AvgIpc) is 2.65. The molecule has 0 saturated carbocycles. The third-order valence-electron chi connectivity index (χ3n) is 3.74. The topological polar surface area (TPSA) is 83.5 Å². The van der Waals surface area contributed by atoms with Crippen molar-refractivity contribution in [1.29, 1.82) is 0 Å². The standard InChI is InChI=1S/C19H13Cl2NO4S/c20-12-6-9-17(23)15(10-12)19(24)22-13-7-8-16(21)18(11-13)27(25,26)14-4-2-1-3-5-14/h1-11,23H,(H,22,24). The number of hydrogen-bond acceptors (Lipinski definition) is 4. The van der Waals surface area contributed by atoms with Gasteiger partial charge < -0.3 is 10.4 Å². The Morgan fingerprint density at radius 3 is 2.33 bits per heavy atom. The monoisotopic (exact) mass is 421 g/mol. The highest BCUT2D eigenvalue weighted by Gasteiger charge is 2.22. The molecule has 0 aliphatic heterocycles. The van der Waals surface area contributed by atoms with E-state index in [2.05, 4.69) is 5.32 Å². The van der Waals surface area contributed by atoms with Gasteiger partial charge in [0.25, 0.3) is 5.91 Å². The Kier molecular flexibility index (Phi) is 5.41. The molecule has 3 aromatic carbocycles. The van der Waals surface area contributed by atoms with Crippen LogP contribution in [0.15, 0.2) is 76.5 Å². The van der Waals surface area contributed by atoms with E-state index in [0.717, 1.165) is 0 Å². The summed E-state index contributed by atoms with van der Waals surface area (Å²) in [6.45, 7) is 0. The molecule has 5 nitrogen and oxygen atoms in total. The fourth-order valence-corrected chi connectivity index (χ4v) is 4.37. The molecule has 0 aliphatic rings. The number of carbonyl (C=O) groups excluding carboxylic acids is 1. The zero-order valence-corrected chi connectivity index (χ0v) is 16.0. The van der Waals surface area contributed by atoms with Crippen molar-refractivity contribution in [3.63, 3.8) is 0 Å². The van der Waals surface area contributed by atoms with Gasteiger partial charge in [-0.05, 0) is 48.5 Å². The fourth-order valence-electron chi connectivity index (χ4n) is 2.40. The summed E-state index contributed by atoms with van der Waals surface area (Å²) in [6, 6.07) is 16.0. The van der Waals surface area contributed by atoms with E-state index < -0.39 is 15.7 Å². The fraction of sp³-hybridized carbons (Fsp3) is 0. The number of amides is 1. The van der Waals surface area contributed by atoms with Gasteiger partial charge in [0, 0.05) is 10.7 Å². The molecule has 1 amide bonds. The van der Waals surface area contributed by atoms with E-state index >= 15 is 0 Å². The molecule has 0 fully saturated rings. The maximum atomic E-state index is 12.8. The molecule has 0 aromatic heterocycles. The predicted molar refractivity (Wildman–Crippen MR) is 104 cm³/mol. The molecule has 3 aromatic rings. The van der Waals surface area contributed by atoms with Gasteiger partial charge in [-0.2, -0.15) is 0 Å². The Labute approximate surface area is 166 Å². The van der Waals surface area contributed by atoms with E-state index in [1.807, 2.05) is 0 Å². The van der Waals surface area contributed by atoms with Gasteiger partial charge >= 0.3 is 0 Å². The molecular weight excluding hydrogens is 409 g/mol. The van der Waals surface area contributed by atoms with Crippen LogP contribution in [-0.4, -0.2) is 19.4 Å². The van der Waals surface area contributed by atoms with Crippen molar-refractivity contribution in [1.82, 2.24) is 0 Å². The van der Waals surface area contributed by atoms with Crippen LogP contribution in [0.25, 0.3) is 0 Å². The van der Waals surface area contributed by atoms with Gasteiger partial charge in [0.05, 0.1) is 20.4 Å². The number of phenolic OH excluding ortho intramolecular Hbond substituents is 1. The van der Waals surface area contributed by atoms with Crippen molar-refractivity contribution < 1.29 is 18.3 Å². The highest BCUT2D eigenvalue weighted by Crippen LogP contribution is 2.30. The number of sulfone groups is 1. The van der Waals surface area contributed by atoms with Crippen molar-refractivity contribution in [3.8, 4) is 5.75 Å². The zero-order chi connectivity index (χ0) is 19.6. The second-order valence-electron chi connectivity index (χ2n) is 5.58. The van der Waals surface area contributed by atoms with E-state index in [4.69, 9.17) is 23.2 Å². The molecule has 0 spiro atoms. The van der Waals surface area contributed by atoms with Crippen molar-refractivity contribution in [2.24, 2.45) is 0 Å². The maximum absolute atomic E-state index is 12.8. The van der Waals surface area contributed by atoms with Crippen LogP contribution in [-0.2, 0) is 9.84 Å². The Bertz CT molecular complexity index is 1120. The summed E-state index contributed by atoms with van der Waals surface area (Å²) in [5.74, 6) is -0.886. The molecule has 138 valence electrons. The molecule has 0 radical (unpaired) electrons. The SMILES string of the molecule is O=C(Nc1ccc(Cl)c(S(=O)(=O)c2ccccc2)c1)c1cc(Cl)ccc1O. The first kappa shape index (κ1) is 19.2. The van der Waals surface area contributed by atoms with Crippen molar-refractivity contribution in [3.05, 3.63) is 82.3 Å². The number of hydrogen-bond donors (Lipinski definition) is 2. The molecule has 0 atom stereocenters.